The molecule has 1 unspecified atom stereocenters. The highest BCUT2D eigenvalue weighted by Crippen LogP contribution is 2.05. The van der Waals surface area contributed by atoms with E-state index >= 15 is 0 Å². The highest BCUT2D eigenvalue weighted by Gasteiger charge is 2.25. The molecule has 0 aromatic carbocycles. The summed E-state index contributed by atoms with van der Waals surface area (Å²) in [6.45, 7) is 3.82. The van der Waals surface area contributed by atoms with E-state index in [9.17, 15) is 14.4 Å². The predicted octanol–water partition coefficient (Wildman–Crippen LogP) is 0.850. The van der Waals surface area contributed by atoms with Crippen LogP contribution in [0.1, 0.15) is 19.5 Å². The third-order valence-electron chi connectivity index (χ3n) is 3.63. The summed E-state index contributed by atoms with van der Waals surface area (Å²) in [5.41, 5.74) is 0.799. The van der Waals surface area contributed by atoms with Gasteiger partial charge in [0.1, 0.15) is 32.4 Å². The Morgan fingerprint density at radius 2 is 1.92 bits per heavy atom. The van der Waals surface area contributed by atoms with Crippen molar-refractivity contribution in [1.29, 1.82) is 0 Å². The standard InChI is InChI=1S/C17H25N3O6/c1-5-19-9-7-6-8-14(19)10-20(13(2)21)17(23)26-12-15(24-4)11-25-16(22)18-3/h6-9,15H,5,10-12H2,1-4H3/p+1. The topological polar surface area (TPSA) is 98.1 Å². The van der Waals surface area contributed by atoms with E-state index in [1.807, 2.05) is 35.9 Å². The molecule has 3 amide bonds. The third-order valence-corrected chi connectivity index (χ3v) is 3.63. The van der Waals surface area contributed by atoms with Crippen LogP contribution in [0.5, 0.6) is 0 Å². The molecule has 1 aromatic rings. The Balaban J connectivity index is 2.67. The molecule has 0 fully saturated rings. The zero-order valence-electron chi connectivity index (χ0n) is 15.6. The number of nitrogens with one attached hydrogen (secondary N) is 1. The second-order valence-corrected chi connectivity index (χ2v) is 5.37. The van der Waals surface area contributed by atoms with Gasteiger partial charge in [0.25, 0.3) is 0 Å². The van der Waals surface area contributed by atoms with Gasteiger partial charge in [0, 0.05) is 33.2 Å². The largest absolute Gasteiger partial charge is 0.447 e. The van der Waals surface area contributed by atoms with E-state index < -0.39 is 24.2 Å². The van der Waals surface area contributed by atoms with Crippen LogP contribution in [-0.2, 0) is 32.1 Å². The highest BCUT2D eigenvalue weighted by molar-refractivity contribution is 5.90. The lowest BCUT2D eigenvalue weighted by atomic mass is 10.3. The van der Waals surface area contributed by atoms with Gasteiger partial charge in [-0.15, -0.1) is 0 Å². The lowest BCUT2D eigenvalue weighted by molar-refractivity contribution is -0.701. The Hall–Kier alpha value is -2.68. The summed E-state index contributed by atoms with van der Waals surface area (Å²) in [4.78, 5) is 36.3. The van der Waals surface area contributed by atoms with Gasteiger partial charge in [-0.25, -0.2) is 19.1 Å². The van der Waals surface area contributed by atoms with E-state index in [0.717, 1.165) is 10.6 Å². The summed E-state index contributed by atoms with van der Waals surface area (Å²) < 4.78 is 17.0. The van der Waals surface area contributed by atoms with Crippen molar-refractivity contribution in [1.82, 2.24) is 10.2 Å². The van der Waals surface area contributed by atoms with Gasteiger partial charge in [-0.05, 0) is 6.92 Å². The van der Waals surface area contributed by atoms with Gasteiger partial charge in [-0.3, -0.25) is 4.79 Å². The molecule has 1 atom stereocenters. The minimum Gasteiger partial charge on any atom is -0.447 e. The molecule has 26 heavy (non-hydrogen) atoms. The SMILES string of the molecule is CC[n+]1ccccc1CN(C(C)=O)C(=O)OCC(COC(=O)NC)OC. The third kappa shape index (κ3) is 6.67. The van der Waals surface area contributed by atoms with E-state index in [0.29, 0.717) is 6.54 Å². The molecule has 144 valence electrons. The first kappa shape index (κ1) is 21.4. The van der Waals surface area contributed by atoms with Crippen LogP contribution in [0.15, 0.2) is 24.4 Å². The fourth-order valence-electron chi connectivity index (χ4n) is 2.10. The van der Waals surface area contributed by atoms with Crippen LogP contribution in [0.4, 0.5) is 9.59 Å². The lowest BCUT2D eigenvalue weighted by Gasteiger charge is -2.20. The Labute approximate surface area is 152 Å². The van der Waals surface area contributed by atoms with Crippen LogP contribution < -0.4 is 9.88 Å². The van der Waals surface area contributed by atoms with E-state index in [1.165, 1.54) is 21.1 Å². The molecule has 0 spiro atoms. The molecule has 1 N–H and O–H groups in total. The molecule has 0 aliphatic rings. The summed E-state index contributed by atoms with van der Waals surface area (Å²) in [6, 6.07) is 5.54. The molecule has 9 nitrogen and oxygen atoms in total. The van der Waals surface area contributed by atoms with Gasteiger partial charge in [0.05, 0.1) is 0 Å². The fraction of sp³-hybridized carbons (Fsp3) is 0.529. The maximum absolute atomic E-state index is 12.3. The van der Waals surface area contributed by atoms with Crippen LogP contribution in [0, 0.1) is 0 Å². The maximum atomic E-state index is 12.3. The molecule has 1 aromatic heterocycles. The van der Waals surface area contributed by atoms with Crippen molar-refractivity contribution in [2.45, 2.75) is 33.0 Å². The number of rotatable bonds is 8. The van der Waals surface area contributed by atoms with Gasteiger partial charge >= 0.3 is 12.2 Å². The number of nitrogens with zero attached hydrogens (tertiary/aromatic N) is 2. The molecule has 0 aliphatic carbocycles. The average molecular weight is 368 g/mol. The zero-order valence-corrected chi connectivity index (χ0v) is 15.6. The Morgan fingerprint density at radius 3 is 2.50 bits per heavy atom. The quantitative estimate of drug-likeness (QED) is 0.683. The second-order valence-electron chi connectivity index (χ2n) is 5.37. The first-order valence-electron chi connectivity index (χ1n) is 8.22. The maximum Gasteiger partial charge on any atom is 0.417 e. The van der Waals surface area contributed by atoms with Crippen molar-refractivity contribution < 1.29 is 33.2 Å². The highest BCUT2D eigenvalue weighted by atomic mass is 16.6. The Morgan fingerprint density at radius 1 is 1.23 bits per heavy atom. The molecule has 0 radical (unpaired) electrons. The number of imide groups is 1. The van der Waals surface area contributed by atoms with Crippen molar-refractivity contribution in [2.24, 2.45) is 0 Å². The minimum atomic E-state index is -0.786. The summed E-state index contributed by atoms with van der Waals surface area (Å²) in [5, 5.41) is 2.30. The zero-order chi connectivity index (χ0) is 19.5. The number of carbonyl (C=O) groups is 3. The van der Waals surface area contributed by atoms with E-state index in [1.54, 1.807) is 0 Å². The lowest BCUT2D eigenvalue weighted by Crippen LogP contribution is -2.43. The van der Waals surface area contributed by atoms with Crippen molar-refractivity contribution in [3.8, 4) is 0 Å². The number of methoxy groups -OCH3 is 1. The molecular formula is C17H26N3O6+. The second kappa shape index (κ2) is 11.0. The van der Waals surface area contributed by atoms with Crippen molar-refractivity contribution in [2.75, 3.05) is 27.4 Å². The smallest absolute Gasteiger partial charge is 0.417 e. The van der Waals surface area contributed by atoms with E-state index in [4.69, 9.17) is 14.2 Å². The molecule has 1 heterocycles. The Bertz CT molecular complexity index is 622. The monoisotopic (exact) mass is 368 g/mol. The molecule has 9 heteroatoms. The first-order valence-corrected chi connectivity index (χ1v) is 8.22. The first-order chi connectivity index (χ1) is 12.4. The summed E-state index contributed by atoms with van der Waals surface area (Å²) >= 11 is 0. The van der Waals surface area contributed by atoms with Crippen molar-refractivity contribution in [3.63, 3.8) is 0 Å². The number of amides is 3. The van der Waals surface area contributed by atoms with Gasteiger partial charge in [0.2, 0.25) is 11.6 Å². The molecular weight excluding hydrogens is 342 g/mol. The van der Waals surface area contributed by atoms with E-state index in [2.05, 4.69) is 5.32 Å². The number of aromatic nitrogens is 1. The number of hydrogen-bond acceptors (Lipinski definition) is 6. The van der Waals surface area contributed by atoms with E-state index in [-0.39, 0.29) is 19.8 Å². The van der Waals surface area contributed by atoms with Gasteiger partial charge < -0.3 is 19.5 Å². The predicted molar refractivity (Wildman–Crippen MR) is 91.1 cm³/mol. The molecule has 1 rings (SSSR count). The van der Waals surface area contributed by atoms with Gasteiger partial charge in [0.15, 0.2) is 6.20 Å². The minimum absolute atomic E-state index is 0.0853. The van der Waals surface area contributed by atoms with Crippen LogP contribution in [-0.4, -0.2) is 56.5 Å². The van der Waals surface area contributed by atoms with Crippen molar-refractivity contribution >= 4 is 18.1 Å². The van der Waals surface area contributed by atoms with Crippen LogP contribution in [0.3, 0.4) is 0 Å². The summed E-state index contributed by atoms with van der Waals surface area (Å²) in [6.07, 6.45) is -0.166. The molecule has 0 saturated heterocycles. The molecule has 0 saturated carbocycles. The number of aryl methyl sites for hydroxylation is 1. The number of ether oxygens (including phenoxy) is 3. The Kier molecular flexibility index (Phi) is 9.07. The van der Waals surface area contributed by atoms with Gasteiger partial charge in [-0.2, -0.15) is 0 Å². The number of hydrogen-bond donors (Lipinski definition) is 1. The van der Waals surface area contributed by atoms with Crippen molar-refractivity contribution in [3.05, 3.63) is 30.1 Å². The number of alkyl carbamates (subject to hydrolysis) is 1. The van der Waals surface area contributed by atoms with Gasteiger partial charge in [-0.1, -0.05) is 6.07 Å². The summed E-state index contributed by atoms with van der Waals surface area (Å²) in [7, 11) is 2.84. The average Bonchev–Trinajstić information content (AvgIpc) is 2.65. The van der Waals surface area contributed by atoms with Crippen LogP contribution in [0.25, 0.3) is 0 Å². The molecule has 0 aliphatic heterocycles. The number of pyridine rings is 1. The molecule has 0 bridgehead atoms. The normalized spacial score (nSPS) is 11.4. The summed E-state index contributed by atoms with van der Waals surface area (Å²) in [5.74, 6) is -0.433. The van der Waals surface area contributed by atoms with Crippen LogP contribution >= 0.6 is 0 Å². The fourth-order valence-corrected chi connectivity index (χ4v) is 2.10. The van der Waals surface area contributed by atoms with Crippen LogP contribution in [0.2, 0.25) is 0 Å². The number of carbonyl (C=O) groups excluding carboxylic acids is 3.